The summed E-state index contributed by atoms with van der Waals surface area (Å²) < 4.78 is 21.4. The lowest BCUT2D eigenvalue weighted by molar-refractivity contribution is 0.488. The molecule has 0 spiro atoms. The second-order valence-corrected chi connectivity index (χ2v) is 11.2. The van der Waals surface area contributed by atoms with Crippen LogP contribution in [0.3, 0.4) is 0 Å². The summed E-state index contributed by atoms with van der Waals surface area (Å²) in [5, 5.41) is 4.70. The number of aryl methyl sites for hydroxylation is 1. The standard InChI is InChI=1S/C24H30N4O2S/c1-17-6-7-20-19(14-17)21(26-11-10-24(25)8-9-24)15-23(27-20)28-12-13-31(29,30)22-5-3-2-4-18(22)16-28/h2-7,14-15,29-30H,8-13,16,25H2,1H3,(H,26,27). The molecule has 0 amide bonds. The highest BCUT2D eigenvalue weighted by atomic mass is 32.3. The number of aromatic nitrogens is 1. The van der Waals surface area contributed by atoms with Gasteiger partial charge in [0.2, 0.25) is 0 Å². The molecular weight excluding hydrogens is 408 g/mol. The lowest BCUT2D eigenvalue weighted by Gasteiger charge is -2.32. The first-order valence-corrected chi connectivity index (χ1v) is 12.6. The van der Waals surface area contributed by atoms with Gasteiger partial charge in [-0.05, 0) is 49.9 Å². The maximum absolute atomic E-state index is 10.7. The molecule has 2 aliphatic rings. The molecule has 31 heavy (non-hydrogen) atoms. The van der Waals surface area contributed by atoms with E-state index in [-0.39, 0.29) is 5.54 Å². The Morgan fingerprint density at radius 3 is 2.77 bits per heavy atom. The summed E-state index contributed by atoms with van der Waals surface area (Å²) in [7, 11) is -2.80. The van der Waals surface area contributed by atoms with E-state index in [1.165, 1.54) is 5.56 Å². The molecule has 0 bridgehead atoms. The largest absolute Gasteiger partial charge is 0.384 e. The fraction of sp³-hybridized carbons (Fsp3) is 0.375. The average Bonchev–Trinajstić information content (AvgIpc) is 3.50. The van der Waals surface area contributed by atoms with Crippen molar-refractivity contribution < 1.29 is 9.11 Å². The van der Waals surface area contributed by atoms with Crippen molar-refractivity contribution in [3.63, 3.8) is 0 Å². The minimum Gasteiger partial charge on any atom is -0.384 e. The third-order valence-electron chi connectivity index (χ3n) is 6.44. The highest BCUT2D eigenvalue weighted by Crippen LogP contribution is 2.51. The molecule has 0 radical (unpaired) electrons. The van der Waals surface area contributed by atoms with Crippen LogP contribution in [0, 0.1) is 6.92 Å². The second-order valence-electron chi connectivity index (χ2n) is 8.99. The summed E-state index contributed by atoms with van der Waals surface area (Å²) in [6, 6.07) is 16.0. The molecule has 7 heteroatoms. The Labute approximate surface area is 184 Å². The van der Waals surface area contributed by atoms with Gasteiger partial charge in [0.15, 0.2) is 0 Å². The van der Waals surface area contributed by atoms with Gasteiger partial charge in [0.05, 0.1) is 16.2 Å². The van der Waals surface area contributed by atoms with Gasteiger partial charge in [0, 0.05) is 42.3 Å². The predicted octanol–water partition coefficient (Wildman–Crippen LogP) is 4.97. The third kappa shape index (κ3) is 4.23. The number of hydrogen-bond acceptors (Lipinski definition) is 6. The number of nitrogens with zero attached hydrogens (tertiary/aromatic N) is 2. The van der Waals surface area contributed by atoms with E-state index < -0.39 is 10.6 Å². The number of nitrogens with two attached hydrogens (primary N) is 1. The van der Waals surface area contributed by atoms with Gasteiger partial charge in [-0.25, -0.2) is 4.98 Å². The SMILES string of the molecule is Cc1ccc2nc(N3CCS(O)(O)c4ccccc4C3)cc(NCCC3(N)CC3)c2c1. The zero-order valence-electron chi connectivity index (χ0n) is 17.8. The molecule has 5 N–H and O–H groups in total. The first kappa shape index (κ1) is 20.6. The Hall–Kier alpha value is -2.32. The van der Waals surface area contributed by atoms with Gasteiger partial charge in [0.1, 0.15) is 5.82 Å². The van der Waals surface area contributed by atoms with E-state index in [9.17, 15) is 9.11 Å². The molecule has 2 aromatic carbocycles. The van der Waals surface area contributed by atoms with Crippen molar-refractivity contribution >= 4 is 33.0 Å². The van der Waals surface area contributed by atoms with Crippen molar-refractivity contribution in [3.05, 3.63) is 59.7 Å². The smallest absolute Gasteiger partial charge is 0.131 e. The molecule has 1 aromatic heterocycles. The van der Waals surface area contributed by atoms with Crippen LogP contribution in [0.25, 0.3) is 10.9 Å². The van der Waals surface area contributed by atoms with Gasteiger partial charge in [-0.1, -0.05) is 29.8 Å². The second kappa shape index (κ2) is 7.67. The Morgan fingerprint density at radius 2 is 1.97 bits per heavy atom. The zero-order valence-corrected chi connectivity index (χ0v) is 18.7. The topological polar surface area (TPSA) is 94.6 Å². The Morgan fingerprint density at radius 1 is 1.16 bits per heavy atom. The summed E-state index contributed by atoms with van der Waals surface area (Å²) in [6.07, 6.45) is 3.17. The molecule has 164 valence electrons. The van der Waals surface area contributed by atoms with Crippen LogP contribution in [0.4, 0.5) is 11.5 Å². The number of anilines is 2. The number of pyridine rings is 1. The number of nitrogens with one attached hydrogen (secondary N) is 1. The van der Waals surface area contributed by atoms with Gasteiger partial charge in [-0.2, -0.15) is 10.6 Å². The molecule has 0 unspecified atom stereocenters. The lowest BCUT2D eigenvalue weighted by atomic mass is 10.1. The van der Waals surface area contributed by atoms with Crippen LogP contribution in [0.5, 0.6) is 0 Å². The van der Waals surface area contributed by atoms with Gasteiger partial charge >= 0.3 is 0 Å². The van der Waals surface area contributed by atoms with Gasteiger partial charge in [-0.3, -0.25) is 9.11 Å². The van der Waals surface area contributed by atoms with Gasteiger partial charge in [-0.15, -0.1) is 0 Å². The lowest BCUT2D eigenvalue weighted by Crippen LogP contribution is -2.26. The molecule has 1 aliphatic heterocycles. The first-order valence-electron chi connectivity index (χ1n) is 10.9. The van der Waals surface area contributed by atoms with E-state index in [0.717, 1.165) is 53.8 Å². The van der Waals surface area contributed by atoms with Crippen molar-refractivity contribution in [1.82, 2.24) is 4.98 Å². The molecule has 1 aliphatic carbocycles. The summed E-state index contributed by atoms with van der Waals surface area (Å²) >= 11 is 0. The quantitative estimate of drug-likeness (QED) is 0.449. The molecule has 2 heterocycles. The van der Waals surface area contributed by atoms with Crippen LogP contribution >= 0.6 is 10.6 Å². The van der Waals surface area contributed by atoms with Crippen LogP contribution in [-0.2, 0) is 6.54 Å². The zero-order chi connectivity index (χ0) is 21.6. The molecule has 0 atom stereocenters. The Kier molecular flexibility index (Phi) is 5.09. The van der Waals surface area contributed by atoms with E-state index in [0.29, 0.717) is 23.7 Å². The van der Waals surface area contributed by atoms with Crippen LogP contribution in [0.1, 0.15) is 30.4 Å². The van der Waals surface area contributed by atoms with Gasteiger partial charge in [0.25, 0.3) is 0 Å². The number of rotatable bonds is 5. The number of fused-ring (bicyclic) bond motifs is 2. The summed E-state index contributed by atoms with van der Waals surface area (Å²) in [6.45, 7) is 4.05. The molecule has 1 saturated carbocycles. The molecule has 6 nitrogen and oxygen atoms in total. The summed E-state index contributed by atoms with van der Waals surface area (Å²) in [5.41, 5.74) is 10.4. The van der Waals surface area contributed by atoms with Crippen molar-refractivity contribution in [2.45, 2.75) is 43.2 Å². The van der Waals surface area contributed by atoms with E-state index in [4.69, 9.17) is 10.7 Å². The van der Waals surface area contributed by atoms with Crippen molar-refractivity contribution in [1.29, 1.82) is 0 Å². The maximum atomic E-state index is 10.7. The molecule has 3 aromatic rings. The summed E-state index contributed by atoms with van der Waals surface area (Å²) in [4.78, 5) is 7.75. The molecular formula is C24H30N4O2S. The van der Waals surface area contributed by atoms with Crippen LogP contribution in [-0.4, -0.2) is 38.5 Å². The van der Waals surface area contributed by atoms with E-state index in [2.05, 4.69) is 41.4 Å². The minimum absolute atomic E-state index is 0.0113. The summed E-state index contributed by atoms with van der Waals surface area (Å²) in [5.74, 6) is 1.15. The minimum atomic E-state index is -2.80. The van der Waals surface area contributed by atoms with Crippen molar-refractivity contribution in [2.75, 3.05) is 29.1 Å². The van der Waals surface area contributed by atoms with Crippen LogP contribution < -0.4 is 16.0 Å². The third-order valence-corrected chi connectivity index (χ3v) is 8.29. The van der Waals surface area contributed by atoms with Crippen LogP contribution in [0.15, 0.2) is 53.4 Å². The van der Waals surface area contributed by atoms with Gasteiger partial charge < -0.3 is 16.0 Å². The van der Waals surface area contributed by atoms with Crippen molar-refractivity contribution in [3.8, 4) is 0 Å². The number of benzene rings is 2. The van der Waals surface area contributed by atoms with E-state index in [1.807, 2.05) is 24.3 Å². The molecule has 5 rings (SSSR count). The predicted molar refractivity (Wildman–Crippen MR) is 129 cm³/mol. The Bertz CT molecular complexity index is 1130. The van der Waals surface area contributed by atoms with E-state index >= 15 is 0 Å². The molecule has 1 fully saturated rings. The van der Waals surface area contributed by atoms with Crippen molar-refractivity contribution in [2.24, 2.45) is 5.73 Å². The fourth-order valence-corrected chi connectivity index (χ4v) is 5.82. The maximum Gasteiger partial charge on any atom is 0.131 e. The fourth-order valence-electron chi connectivity index (χ4n) is 4.27. The highest BCUT2D eigenvalue weighted by molar-refractivity contribution is 8.24. The number of hydrogen-bond donors (Lipinski definition) is 4. The highest BCUT2D eigenvalue weighted by Gasteiger charge is 2.37. The first-order chi connectivity index (χ1) is 14.8. The van der Waals surface area contributed by atoms with E-state index in [1.54, 1.807) is 0 Å². The normalized spacial score (nSPS) is 20.1. The van der Waals surface area contributed by atoms with Crippen LogP contribution in [0.2, 0.25) is 0 Å². The monoisotopic (exact) mass is 438 g/mol. The molecule has 0 saturated heterocycles. The average molecular weight is 439 g/mol. The Balaban J connectivity index is 1.50.